The maximum absolute atomic E-state index is 13.8. The Hall–Kier alpha value is -3.67. The lowest BCUT2D eigenvalue weighted by molar-refractivity contribution is -0.115. The molecule has 0 atom stereocenters. The minimum absolute atomic E-state index is 0.0618. The van der Waals surface area contributed by atoms with Gasteiger partial charge in [0.15, 0.2) is 0 Å². The molecule has 0 saturated carbocycles. The van der Waals surface area contributed by atoms with Gasteiger partial charge < -0.3 is 14.5 Å². The van der Waals surface area contributed by atoms with E-state index in [2.05, 4.69) is 10.3 Å². The minimum atomic E-state index is -0.400. The van der Waals surface area contributed by atoms with Crippen molar-refractivity contribution in [1.82, 2.24) is 9.38 Å². The number of ether oxygens (including phenoxy) is 1. The van der Waals surface area contributed by atoms with Crippen LogP contribution in [0.2, 0.25) is 0 Å². The number of anilines is 1. The summed E-state index contributed by atoms with van der Waals surface area (Å²) in [6, 6.07) is 15.7. The van der Waals surface area contributed by atoms with Crippen LogP contribution in [-0.2, 0) is 11.2 Å². The summed E-state index contributed by atoms with van der Waals surface area (Å²) in [4.78, 5) is 17.1. The number of methoxy groups -OCH3 is 1. The largest absolute Gasteiger partial charge is 0.495 e. The molecule has 6 heteroatoms. The van der Waals surface area contributed by atoms with E-state index in [0.717, 1.165) is 22.5 Å². The molecule has 0 radical (unpaired) electrons. The number of aromatic nitrogens is 2. The van der Waals surface area contributed by atoms with Gasteiger partial charge in [0.25, 0.3) is 0 Å². The van der Waals surface area contributed by atoms with E-state index in [0.29, 0.717) is 17.0 Å². The van der Waals surface area contributed by atoms with Crippen molar-refractivity contribution < 1.29 is 13.9 Å². The fourth-order valence-corrected chi connectivity index (χ4v) is 3.20. The Balaban J connectivity index is 1.62. The Kier molecular flexibility index (Phi) is 4.99. The lowest BCUT2D eigenvalue weighted by atomic mass is 10.1. The topological polar surface area (TPSA) is 55.6 Å². The van der Waals surface area contributed by atoms with Gasteiger partial charge in [-0.05, 0) is 54.4 Å². The summed E-state index contributed by atoms with van der Waals surface area (Å²) in [5, 5.41) is 2.83. The first kappa shape index (κ1) is 18.7. The van der Waals surface area contributed by atoms with Gasteiger partial charge in [-0.3, -0.25) is 4.79 Å². The maximum Gasteiger partial charge on any atom is 0.229 e. The molecule has 0 aliphatic carbocycles. The third-order valence-electron chi connectivity index (χ3n) is 4.69. The number of carbonyl (C=O) groups is 1. The number of aryl methyl sites for hydroxylation is 1. The van der Waals surface area contributed by atoms with Crippen molar-refractivity contribution in [3.8, 4) is 17.0 Å². The third kappa shape index (κ3) is 3.96. The second kappa shape index (κ2) is 7.75. The SMILES string of the molecule is COc1ccc(-c2cn3ccc(C)cc3n2)cc1NC(=O)Cc1ccccc1F. The van der Waals surface area contributed by atoms with E-state index in [9.17, 15) is 9.18 Å². The van der Waals surface area contributed by atoms with Gasteiger partial charge in [0.05, 0.1) is 24.9 Å². The number of benzene rings is 2. The number of halogens is 1. The second-order valence-electron chi connectivity index (χ2n) is 6.83. The van der Waals surface area contributed by atoms with Crippen LogP contribution in [0.3, 0.4) is 0 Å². The minimum Gasteiger partial charge on any atom is -0.495 e. The lowest BCUT2D eigenvalue weighted by Crippen LogP contribution is -2.15. The summed E-state index contributed by atoms with van der Waals surface area (Å²) in [6.07, 6.45) is 3.83. The molecule has 5 nitrogen and oxygen atoms in total. The van der Waals surface area contributed by atoms with Crippen LogP contribution in [0.4, 0.5) is 10.1 Å². The van der Waals surface area contributed by atoms with E-state index in [1.54, 1.807) is 24.3 Å². The van der Waals surface area contributed by atoms with Gasteiger partial charge in [-0.2, -0.15) is 0 Å². The first-order chi connectivity index (χ1) is 14.0. The van der Waals surface area contributed by atoms with Gasteiger partial charge in [0, 0.05) is 18.0 Å². The number of hydrogen-bond acceptors (Lipinski definition) is 3. The van der Waals surface area contributed by atoms with Crippen molar-refractivity contribution in [2.45, 2.75) is 13.3 Å². The molecule has 1 amide bonds. The first-order valence-electron chi connectivity index (χ1n) is 9.20. The van der Waals surface area contributed by atoms with Crippen LogP contribution in [0.25, 0.3) is 16.9 Å². The molecule has 4 aromatic rings. The molecule has 146 valence electrons. The van der Waals surface area contributed by atoms with Crippen LogP contribution in [0.15, 0.2) is 67.0 Å². The summed E-state index contributed by atoms with van der Waals surface area (Å²) in [5.74, 6) is -0.199. The molecule has 0 aliphatic heterocycles. The Bertz CT molecular complexity index is 1200. The number of carbonyl (C=O) groups excluding carboxylic acids is 1. The molecule has 0 aliphatic rings. The molecule has 2 aromatic carbocycles. The smallest absolute Gasteiger partial charge is 0.229 e. The molecule has 2 aromatic heterocycles. The summed E-state index contributed by atoms with van der Waals surface area (Å²) in [5.41, 5.74) is 4.46. The Morgan fingerprint density at radius 3 is 2.79 bits per heavy atom. The molecule has 0 unspecified atom stereocenters. The van der Waals surface area contributed by atoms with E-state index in [4.69, 9.17) is 4.74 Å². The van der Waals surface area contributed by atoms with Crippen molar-refractivity contribution in [3.63, 3.8) is 0 Å². The number of hydrogen-bond donors (Lipinski definition) is 1. The zero-order valence-corrected chi connectivity index (χ0v) is 16.1. The molecule has 2 heterocycles. The molecule has 4 rings (SSSR count). The van der Waals surface area contributed by atoms with Crippen LogP contribution in [-0.4, -0.2) is 22.4 Å². The van der Waals surface area contributed by atoms with Gasteiger partial charge >= 0.3 is 0 Å². The van der Waals surface area contributed by atoms with Crippen LogP contribution < -0.4 is 10.1 Å². The number of fused-ring (bicyclic) bond motifs is 1. The Morgan fingerprint density at radius 2 is 2.00 bits per heavy atom. The van der Waals surface area contributed by atoms with E-state index in [1.165, 1.54) is 13.2 Å². The van der Waals surface area contributed by atoms with Crippen LogP contribution in [0.5, 0.6) is 5.75 Å². The fraction of sp³-hybridized carbons (Fsp3) is 0.130. The normalized spacial score (nSPS) is 10.9. The van der Waals surface area contributed by atoms with Crippen molar-refractivity contribution in [2.75, 3.05) is 12.4 Å². The van der Waals surface area contributed by atoms with Crippen LogP contribution in [0.1, 0.15) is 11.1 Å². The predicted molar refractivity (Wildman–Crippen MR) is 111 cm³/mol. The maximum atomic E-state index is 13.8. The van der Waals surface area contributed by atoms with Crippen LogP contribution >= 0.6 is 0 Å². The summed E-state index contributed by atoms with van der Waals surface area (Å²) in [6.45, 7) is 2.02. The van der Waals surface area contributed by atoms with E-state index >= 15 is 0 Å². The van der Waals surface area contributed by atoms with Gasteiger partial charge in [-0.1, -0.05) is 18.2 Å². The Labute approximate surface area is 167 Å². The summed E-state index contributed by atoms with van der Waals surface area (Å²) < 4.78 is 21.2. The van der Waals surface area contributed by atoms with Gasteiger partial charge in [0.2, 0.25) is 5.91 Å². The molecule has 0 saturated heterocycles. The highest BCUT2D eigenvalue weighted by atomic mass is 19.1. The number of imidazole rings is 1. The molecular weight excluding hydrogens is 369 g/mol. The quantitative estimate of drug-likeness (QED) is 0.541. The second-order valence-corrected chi connectivity index (χ2v) is 6.83. The van der Waals surface area contributed by atoms with Crippen LogP contribution in [0, 0.1) is 12.7 Å². The molecule has 0 spiro atoms. The average molecular weight is 389 g/mol. The highest BCUT2D eigenvalue weighted by Crippen LogP contribution is 2.30. The molecule has 29 heavy (non-hydrogen) atoms. The van der Waals surface area contributed by atoms with E-state index in [-0.39, 0.29) is 12.3 Å². The molecule has 0 bridgehead atoms. The fourth-order valence-electron chi connectivity index (χ4n) is 3.20. The number of nitrogens with zero attached hydrogens (tertiary/aromatic N) is 2. The van der Waals surface area contributed by atoms with E-state index < -0.39 is 5.82 Å². The lowest BCUT2D eigenvalue weighted by Gasteiger charge is -2.12. The number of pyridine rings is 1. The monoisotopic (exact) mass is 389 g/mol. The highest BCUT2D eigenvalue weighted by molar-refractivity contribution is 5.94. The molecule has 0 fully saturated rings. The Morgan fingerprint density at radius 1 is 1.17 bits per heavy atom. The summed E-state index contributed by atoms with van der Waals surface area (Å²) in [7, 11) is 1.54. The average Bonchev–Trinajstić information content (AvgIpc) is 3.13. The zero-order valence-electron chi connectivity index (χ0n) is 16.1. The predicted octanol–water partition coefficient (Wildman–Crippen LogP) is 4.64. The number of amides is 1. The van der Waals surface area contributed by atoms with Gasteiger partial charge in [-0.15, -0.1) is 0 Å². The summed E-state index contributed by atoms with van der Waals surface area (Å²) >= 11 is 0. The van der Waals surface area contributed by atoms with Crippen molar-refractivity contribution in [2.24, 2.45) is 0 Å². The van der Waals surface area contributed by atoms with Crippen molar-refractivity contribution in [3.05, 3.63) is 83.9 Å². The van der Waals surface area contributed by atoms with Crippen molar-refractivity contribution >= 4 is 17.2 Å². The number of nitrogens with one attached hydrogen (secondary N) is 1. The zero-order chi connectivity index (χ0) is 20.4. The van der Waals surface area contributed by atoms with Gasteiger partial charge in [-0.25, -0.2) is 9.37 Å². The highest BCUT2D eigenvalue weighted by Gasteiger charge is 2.13. The third-order valence-corrected chi connectivity index (χ3v) is 4.69. The molecule has 1 N–H and O–H groups in total. The molecular formula is C23H20FN3O2. The van der Waals surface area contributed by atoms with Crippen molar-refractivity contribution in [1.29, 1.82) is 0 Å². The standard InChI is InChI=1S/C23H20FN3O2/c1-15-9-10-27-14-20(25-22(27)11-15)17-7-8-21(29-2)19(12-17)26-23(28)13-16-5-3-4-6-18(16)24/h3-12,14H,13H2,1-2H3,(H,26,28). The van der Waals surface area contributed by atoms with E-state index in [1.807, 2.05) is 48.0 Å². The first-order valence-corrected chi connectivity index (χ1v) is 9.20. The number of rotatable bonds is 5. The van der Waals surface area contributed by atoms with Gasteiger partial charge in [0.1, 0.15) is 17.2 Å².